The first-order valence-corrected chi connectivity index (χ1v) is 9.74. The van der Waals surface area contributed by atoms with E-state index >= 15 is 0 Å². The maximum absolute atomic E-state index is 12.6. The third-order valence-electron chi connectivity index (χ3n) is 6.15. The van der Waals surface area contributed by atoms with E-state index in [0.717, 1.165) is 32.4 Å². The Bertz CT molecular complexity index is 461. The van der Waals surface area contributed by atoms with Crippen molar-refractivity contribution in [3.63, 3.8) is 0 Å². The highest BCUT2D eigenvalue weighted by Crippen LogP contribution is 2.39. The van der Waals surface area contributed by atoms with Gasteiger partial charge >= 0.3 is 12.0 Å². The molecule has 144 valence electrons. The Labute approximate surface area is 151 Å². The molecule has 0 spiro atoms. The van der Waals surface area contributed by atoms with Crippen LogP contribution >= 0.6 is 0 Å². The van der Waals surface area contributed by atoms with Gasteiger partial charge in [-0.1, -0.05) is 26.7 Å². The molecule has 0 bridgehead atoms. The summed E-state index contributed by atoms with van der Waals surface area (Å²) in [6.07, 6.45) is 7.91. The minimum atomic E-state index is -0.796. The van der Waals surface area contributed by atoms with Crippen molar-refractivity contribution in [2.24, 2.45) is 11.3 Å². The van der Waals surface area contributed by atoms with E-state index in [0.29, 0.717) is 12.5 Å². The van der Waals surface area contributed by atoms with Gasteiger partial charge in [-0.25, -0.2) is 4.79 Å². The number of carboxylic acids is 1. The minimum absolute atomic E-state index is 0.0348. The molecule has 2 rings (SSSR count). The van der Waals surface area contributed by atoms with Gasteiger partial charge in [0.05, 0.1) is 6.54 Å². The highest BCUT2D eigenvalue weighted by atomic mass is 16.4. The average Bonchev–Trinajstić information content (AvgIpc) is 2.98. The van der Waals surface area contributed by atoms with Gasteiger partial charge in [0.15, 0.2) is 0 Å². The van der Waals surface area contributed by atoms with E-state index in [4.69, 9.17) is 5.11 Å². The summed E-state index contributed by atoms with van der Waals surface area (Å²) in [4.78, 5) is 27.3. The van der Waals surface area contributed by atoms with Crippen molar-refractivity contribution in [1.29, 1.82) is 0 Å². The predicted molar refractivity (Wildman–Crippen MR) is 98.6 cm³/mol. The van der Waals surface area contributed by atoms with E-state index in [2.05, 4.69) is 19.2 Å². The van der Waals surface area contributed by atoms with Crippen molar-refractivity contribution in [3.8, 4) is 0 Å². The molecule has 2 fully saturated rings. The maximum Gasteiger partial charge on any atom is 0.317 e. The predicted octanol–water partition coefficient (Wildman–Crippen LogP) is 2.78. The largest absolute Gasteiger partial charge is 0.480 e. The Morgan fingerprint density at radius 2 is 1.80 bits per heavy atom. The number of hydrogen-bond acceptors (Lipinski definition) is 3. The number of likely N-dealkylation sites (tertiary alicyclic amines) is 1. The number of amides is 2. The van der Waals surface area contributed by atoms with E-state index in [1.807, 2.05) is 16.8 Å². The number of urea groups is 1. The lowest BCUT2D eigenvalue weighted by Crippen LogP contribution is -2.45. The standard InChI is InChI=1S/C19H35N3O3/c1-19(2,15-7-4-5-8-15)14-20-18(25)22-11-6-9-16(10-12-22)21(3)13-17(23)24/h15-16H,4-14H2,1-3H3,(H,20,25)(H,23,24). The summed E-state index contributed by atoms with van der Waals surface area (Å²) >= 11 is 0. The molecule has 1 aliphatic carbocycles. The molecule has 1 heterocycles. The number of nitrogens with zero attached hydrogens (tertiary/aromatic N) is 2. The number of hydrogen-bond donors (Lipinski definition) is 2. The summed E-state index contributed by atoms with van der Waals surface area (Å²) in [5, 5.41) is 12.1. The van der Waals surface area contributed by atoms with Gasteiger partial charge in [-0.3, -0.25) is 9.69 Å². The van der Waals surface area contributed by atoms with Crippen LogP contribution in [-0.2, 0) is 4.79 Å². The number of likely N-dealkylation sites (N-methyl/N-ethyl adjacent to an activating group) is 1. The summed E-state index contributed by atoms with van der Waals surface area (Å²) in [7, 11) is 1.86. The van der Waals surface area contributed by atoms with Gasteiger partial charge in [0.1, 0.15) is 0 Å². The zero-order chi connectivity index (χ0) is 18.4. The molecule has 25 heavy (non-hydrogen) atoms. The molecule has 1 unspecified atom stereocenters. The van der Waals surface area contributed by atoms with Crippen LogP contribution < -0.4 is 5.32 Å². The van der Waals surface area contributed by atoms with Gasteiger partial charge in [-0.05, 0) is 50.5 Å². The molecule has 1 saturated carbocycles. The van der Waals surface area contributed by atoms with Crippen LogP contribution in [0.2, 0.25) is 0 Å². The Balaban J connectivity index is 1.79. The topological polar surface area (TPSA) is 72.9 Å². The van der Waals surface area contributed by atoms with Crippen molar-refractivity contribution in [2.75, 3.05) is 33.2 Å². The van der Waals surface area contributed by atoms with E-state index in [9.17, 15) is 9.59 Å². The fourth-order valence-electron chi connectivity index (χ4n) is 4.33. The van der Waals surface area contributed by atoms with Crippen molar-refractivity contribution in [1.82, 2.24) is 15.1 Å². The van der Waals surface area contributed by atoms with E-state index in [-0.39, 0.29) is 24.0 Å². The third kappa shape index (κ3) is 5.87. The van der Waals surface area contributed by atoms with Crippen LogP contribution in [0, 0.1) is 11.3 Å². The third-order valence-corrected chi connectivity index (χ3v) is 6.15. The van der Waals surface area contributed by atoms with E-state index in [1.165, 1.54) is 25.7 Å². The molecule has 2 N–H and O–H groups in total. The number of rotatable bonds is 6. The molecule has 0 radical (unpaired) electrons. The molecule has 0 aromatic heterocycles. The van der Waals surface area contributed by atoms with Gasteiger partial charge in [-0.15, -0.1) is 0 Å². The Hall–Kier alpha value is -1.30. The molecule has 6 heteroatoms. The highest BCUT2D eigenvalue weighted by molar-refractivity contribution is 5.74. The highest BCUT2D eigenvalue weighted by Gasteiger charge is 2.32. The maximum atomic E-state index is 12.6. The van der Waals surface area contributed by atoms with Crippen LogP contribution in [0.15, 0.2) is 0 Å². The van der Waals surface area contributed by atoms with Crippen LogP contribution in [0.5, 0.6) is 0 Å². The lowest BCUT2D eigenvalue weighted by atomic mass is 9.78. The minimum Gasteiger partial charge on any atom is -0.480 e. The Morgan fingerprint density at radius 3 is 2.44 bits per heavy atom. The van der Waals surface area contributed by atoms with Crippen LogP contribution in [0.25, 0.3) is 0 Å². The molecular formula is C19H35N3O3. The first kappa shape index (κ1) is 20.0. The number of nitrogens with one attached hydrogen (secondary N) is 1. The second-order valence-electron chi connectivity index (χ2n) is 8.51. The monoisotopic (exact) mass is 353 g/mol. The molecule has 1 aliphatic heterocycles. The first-order chi connectivity index (χ1) is 11.8. The van der Waals surface area contributed by atoms with Crippen LogP contribution in [0.3, 0.4) is 0 Å². The summed E-state index contributed by atoms with van der Waals surface area (Å²) in [5.74, 6) is -0.0820. The van der Waals surface area contributed by atoms with Gasteiger partial charge in [0.25, 0.3) is 0 Å². The van der Waals surface area contributed by atoms with E-state index in [1.54, 1.807) is 0 Å². The fourth-order valence-corrected chi connectivity index (χ4v) is 4.33. The molecular weight excluding hydrogens is 318 g/mol. The van der Waals surface area contributed by atoms with Gasteiger partial charge in [0, 0.05) is 25.7 Å². The average molecular weight is 354 g/mol. The summed E-state index contributed by atoms with van der Waals surface area (Å²) < 4.78 is 0. The second kappa shape index (κ2) is 8.88. The molecule has 0 aromatic carbocycles. The molecule has 1 atom stereocenters. The number of carbonyl (C=O) groups excluding carboxylic acids is 1. The SMILES string of the molecule is CN(CC(=O)O)C1CCCN(C(=O)NCC(C)(C)C2CCCC2)CC1. The van der Waals surface area contributed by atoms with Crippen LogP contribution in [-0.4, -0.2) is 66.2 Å². The number of carbonyl (C=O) groups is 2. The number of carboxylic acid groups (broad SMARTS) is 1. The van der Waals surface area contributed by atoms with Crippen molar-refractivity contribution in [2.45, 2.75) is 64.8 Å². The smallest absolute Gasteiger partial charge is 0.317 e. The Morgan fingerprint density at radius 1 is 1.12 bits per heavy atom. The quantitative estimate of drug-likeness (QED) is 0.770. The van der Waals surface area contributed by atoms with Crippen LogP contribution in [0.1, 0.15) is 58.8 Å². The van der Waals surface area contributed by atoms with Crippen molar-refractivity contribution >= 4 is 12.0 Å². The normalized spacial score (nSPS) is 22.9. The van der Waals surface area contributed by atoms with Gasteiger partial charge in [0.2, 0.25) is 0 Å². The number of aliphatic carboxylic acids is 1. The first-order valence-electron chi connectivity index (χ1n) is 9.74. The lowest BCUT2D eigenvalue weighted by molar-refractivity contribution is -0.138. The van der Waals surface area contributed by atoms with Crippen molar-refractivity contribution < 1.29 is 14.7 Å². The van der Waals surface area contributed by atoms with Crippen molar-refractivity contribution in [3.05, 3.63) is 0 Å². The van der Waals surface area contributed by atoms with Gasteiger partial charge in [-0.2, -0.15) is 0 Å². The summed E-state index contributed by atoms with van der Waals surface area (Å²) in [6, 6.07) is 0.274. The molecule has 2 amide bonds. The second-order valence-corrected chi connectivity index (χ2v) is 8.51. The Kier molecular flexibility index (Phi) is 7.11. The van der Waals surface area contributed by atoms with E-state index < -0.39 is 5.97 Å². The summed E-state index contributed by atoms with van der Waals surface area (Å²) in [6.45, 7) is 6.78. The van der Waals surface area contributed by atoms with Gasteiger partial charge < -0.3 is 15.3 Å². The molecule has 0 aromatic rings. The fraction of sp³-hybridized carbons (Fsp3) is 0.895. The zero-order valence-electron chi connectivity index (χ0n) is 16.1. The molecule has 6 nitrogen and oxygen atoms in total. The zero-order valence-corrected chi connectivity index (χ0v) is 16.1. The summed E-state index contributed by atoms with van der Waals surface area (Å²) in [5.41, 5.74) is 0.155. The molecule has 2 aliphatic rings. The lowest BCUT2D eigenvalue weighted by Gasteiger charge is -2.33. The molecule has 1 saturated heterocycles. The van der Waals surface area contributed by atoms with Crippen LogP contribution in [0.4, 0.5) is 4.79 Å².